The Morgan fingerprint density at radius 3 is 2.35 bits per heavy atom. The van der Waals surface area contributed by atoms with E-state index in [1.54, 1.807) is 44.2 Å². The summed E-state index contributed by atoms with van der Waals surface area (Å²) in [6, 6.07) is 13.0. The fourth-order valence-electron chi connectivity index (χ4n) is 2.83. The fraction of sp³-hybridized carbons (Fsp3) is 0.0909. The van der Waals surface area contributed by atoms with Crippen LogP contribution in [0.5, 0.6) is 11.5 Å². The van der Waals surface area contributed by atoms with Crippen LogP contribution in [-0.4, -0.2) is 11.9 Å². The van der Waals surface area contributed by atoms with Gasteiger partial charge in [0.2, 0.25) is 0 Å². The molecule has 0 aromatic heterocycles. The van der Waals surface area contributed by atoms with Gasteiger partial charge in [-0.05, 0) is 77.3 Å². The molecule has 0 unspecified atom stereocenters. The predicted octanol–water partition coefficient (Wildman–Crippen LogP) is 7.89. The average molecular weight is 587 g/mol. The number of benzene rings is 3. The van der Waals surface area contributed by atoms with Gasteiger partial charge in [0.05, 0.1) is 20.1 Å². The van der Waals surface area contributed by atoms with Crippen LogP contribution in [0.3, 0.4) is 0 Å². The predicted molar refractivity (Wildman–Crippen MR) is 131 cm³/mol. The molecule has 0 heterocycles. The third-order valence-electron chi connectivity index (χ3n) is 4.36. The van der Waals surface area contributed by atoms with Crippen LogP contribution in [-0.2, 0) is 0 Å². The summed E-state index contributed by atoms with van der Waals surface area (Å²) in [5, 5.41) is 5.54. The Hall–Kier alpha value is -2.06. The summed E-state index contributed by atoms with van der Waals surface area (Å²) in [6.45, 7) is 3.56. The van der Waals surface area contributed by atoms with Crippen LogP contribution in [0.25, 0.3) is 0 Å². The zero-order chi connectivity index (χ0) is 22.7. The van der Waals surface area contributed by atoms with Gasteiger partial charge in [-0.3, -0.25) is 10.1 Å². The van der Waals surface area contributed by atoms with Crippen LogP contribution < -0.4 is 15.4 Å². The van der Waals surface area contributed by atoms with Crippen molar-refractivity contribution in [3.8, 4) is 11.5 Å². The summed E-state index contributed by atoms with van der Waals surface area (Å²) >= 11 is 19.4. The monoisotopic (exact) mass is 584 g/mol. The lowest BCUT2D eigenvalue weighted by atomic mass is 10.1. The number of ether oxygens (including phenoxy) is 1. The molecule has 5 nitrogen and oxygen atoms in total. The number of hydrogen-bond acceptors (Lipinski definition) is 3. The fourth-order valence-corrected chi connectivity index (χ4v) is 4.36. The van der Waals surface area contributed by atoms with Crippen molar-refractivity contribution in [1.29, 1.82) is 0 Å². The minimum absolute atomic E-state index is 0.203. The molecule has 0 saturated carbocycles. The summed E-state index contributed by atoms with van der Waals surface area (Å²) in [5.74, 6) is 0.426. The molecule has 3 amide bonds. The lowest BCUT2D eigenvalue weighted by molar-refractivity contribution is 0.0967. The molecule has 160 valence electrons. The second-order valence-corrected chi connectivity index (χ2v) is 9.13. The molecule has 0 spiro atoms. The van der Waals surface area contributed by atoms with E-state index in [1.165, 1.54) is 6.07 Å². The highest BCUT2D eigenvalue weighted by molar-refractivity contribution is 9.11. The summed E-state index contributed by atoms with van der Waals surface area (Å²) in [7, 11) is 0. The molecule has 0 fully saturated rings. The van der Waals surface area contributed by atoms with E-state index in [2.05, 4.69) is 42.5 Å². The smallest absolute Gasteiger partial charge is 0.326 e. The molecule has 31 heavy (non-hydrogen) atoms. The van der Waals surface area contributed by atoms with Gasteiger partial charge < -0.3 is 10.1 Å². The first-order chi connectivity index (χ1) is 14.7. The quantitative estimate of drug-likeness (QED) is 0.327. The molecule has 0 aliphatic rings. The first-order valence-corrected chi connectivity index (χ1v) is 11.3. The van der Waals surface area contributed by atoms with Crippen LogP contribution in [0.2, 0.25) is 10.0 Å². The van der Waals surface area contributed by atoms with E-state index in [9.17, 15) is 9.59 Å². The first kappa shape index (κ1) is 23.6. The molecular formula is C22H16Br2Cl2N2O3. The van der Waals surface area contributed by atoms with Crippen molar-refractivity contribution in [3.63, 3.8) is 0 Å². The van der Waals surface area contributed by atoms with Gasteiger partial charge in [0.1, 0.15) is 11.5 Å². The van der Waals surface area contributed by atoms with Crippen LogP contribution >= 0.6 is 55.1 Å². The molecular weight excluding hydrogens is 571 g/mol. The lowest BCUT2D eigenvalue weighted by Crippen LogP contribution is -2.34. The zero-order valence-electron chi connectivity index (χ0n) is 16.4. The number of urea groups is 1. The van der Waals surface area contributed by atoms with E-state index < -0.39 is 11.9 Å². The molecule has 0 radical (unpaired) electrons. The largest absolute Gasteiger partial charge is 0.455 e. The highest BCUT2D eigenvalue weighted by Crippen LogP contribution is 2.40. The molecule has 3 aromatic carbocycles. The average Bonchev–Trinajstić information content (AvgIpc) is 2.71. The van der Waals surface area contributed by atoms with Crippen molar-refractivity contribution in [1.82, 2.24) is 5.32 Å². The van der Waals surface area contributed by atoms with E-state index in [1.807, 2.05) is 12.1 Å². The van der Waals surface area contributed by atoms with Gasteiger partial charge in [-0.1, -0.05) is 51.3 Å². The number of rotatable bonds is 4. The van der Waals surface area contributed by atoms with Gasteiger partial charge in [-0.2, -0.15) is 0 Å². The van der Waals surface area contributed by atoms with Gasteiger partial charge in [0, 0.05) is 10.2 Å². The van der Waals surface area contributed by atoms with Crippen LogP contribution in [0, 0.1) is 13.8 Å². The molecule has 2 N–H and O–H groups in total. The third kappa shape index (κ3) is 5.60. The normalized spacial score (nSPS) is 10.5. The Morgan fingerprint density at radius 2 is 1.68 bits per heavy atom. The van der Waals surface area contributed by atoms with Crippen molar-refractivity contribution < 1.29 is 14.3 Å². The van der Waals surface area contributed by atoms with Crippen molar-refractivity contribution in [2.75, 3.05) is 5.32 Å². The van der Waals surface area contributed by atoms with E-state index >= 15 is 0 Å². The van der Waals surface area contributed by atoms with Gasteiger partial charge in [0.25, 0.3) is 5.91 Å². The van der Waals surface area contributed by atoms with Crippen LogP contribution in [0.4, 0.5) is 10.5 Å². The Morgan fingerprint density at radius 1 is 0.968 bits per heavy atom. The molecule has 0 bridgehead atoms. The molecule has 0 aliphatic heterocycles. The SMILES string of the molecule is Cc1cc(Oc2ccc(Br)cc2Br)c(Cl)c(C)c1NC(=O)NC(=O)c1ccccc1Cl. The van der Waals surface area contributed by atoms with Gasteiger partial charge in [-0.25, -0.2) is 4.79 Å². The Balaban J connectivity index is 1.79. The molecule has 3 aromatic rings. The Kier molecular flexibility index (Phi) is 7.64. The summed E-state index contributed by atoms with van der Waals surface area (Å²) in [6.07, 6.45) is 0. The maximum Gasteiger partial charge on any atom is 0.326 e. The number of aryl methyl sites for hydroxylation is 1. The number of carbonyl (C=O) groups is 2. The molecule has 9 heteroatoms. The topological polar surface area (TPSA) is 67.4 Å². The maximum absolute atomic E-state index is 12.4. The standard InChI is InChI=1S/C22H16Br2Cl2N2O3/c1-11-9-18(31-17-8-7-13(23)10-15(17)24)19(26)12(2)20(11)27-22(30)28-21(29)14-5-3-4-6-16(14)25/h3-10H,1-2H3,(H2,27,28,29,30). The highest BCUT2D eigenvalue weighted by atomic mass is 79.9. The van der Waals surface area contributed by atoms with Gasteiger partial charge in [0.15, 0.2) is 0 Å². The number of carbonyl (C=O) groups excluding carboxylic acids is 2. The summed E-state index contributed by atoms with van der Waals surface area (Å²) in [5.41, 5.74) is 2.00. The Bertz CT molecular complexity index is 1190. The van der Waals surface area contributed by atoms with E-state index in [4.69, 9.17) is 27.9 Å². The van der Waals surface area contributed by atoms with Crippen LogP contribution in [0.15, 0.2) is 57.5 Å². The minimum Gasteiger partial charge on any atom is -0.455 e. The molecule has 0 atom stereocenters. The van der Waals surface area contributed by atoms with Crippen molar-refractivity contribution in [2.24, 2.45) is 0 Å². The number of imide groups is 1. The van der Waals surface area contributed by atoms with Gasteiger partial charge in [-0.15, -0.1) is 0 Å². The lowest BCUT2D eigenvalue weighted by Gasteiger charge is -2.17. The number of nitrogens with one attached hydrogen (secondary N) is 2. The summed E-state index contributed by atoms with van der Waals surface area (Å²) in [4.78, 5) is 24.7. The van der Waals surface area contributed by atoms with Crippen molar-refractivity contribution in [3.05, 3.63) is 84.2 Å². The number of halogens is 4. The second kappa shape index (κ2) is 10.0. The Labute approximate surface area is 206 Å². The highest BCUT2D eigenvalue weighted by Gasteiger charge is 2.18. The minimum atomic E-state index is -0.698. The third-order valence-corrected chi connectivity index (χ3v) is 6.27. The molecule has 0 aliphatic carbocycles. The van der Waals surface area contributed by atoms with E-state index in [-0.39, 0.29) is 10.6 Å². The van der Waals surface area contributed by atoms with Gasteiger partial charge >= 0.3 is 6.03 Å². The first-order valence-electron chi connectivity index (χ1n) is 8.97. The number of anilines is 1. The van der Waals surface area contributed by atoms with Crippen molar-refractivity contribution >= 4 is 72.7 Å². The molecule has 0 saturated heterocycles. The summed E-state index contributed by atoms with van der Waals surface area (Å²) < 4.78 is 7.62. The van der Waals surface area contributed by atoms with E-state index in [0.29, 0.717) is 33.3 Å². The van der Waals surface area contributed by atoms with Crippen LogP contribution in [0.1, 0.15) is 21.5 Å². The van der Waals surface area contributed by atoms with Crippen molar-refractivity contribution in [2.45, 2.75) is 13.8 Å². The number of hydrogen-bond donors (Lipinski definition) is 2. The maximum atomic E-state index is 12.4. The molecule has 3 rings (SSSR count). The number of amides is 3. The van der Waals surface area contributed by atoms with E-state index in [0.717, 1.165) is 8.95 Å². The second-order valence-electron chi connectivity index (χ2n) is 6.57. The zero-order valence-corrected chi connectivity index (χ0v) is 21.0.